The van der Waals surface area contributed by atoms with Crippen LogP contribution in [-0.4, -0.2) is 55.6 Å². The maximum absolute atomic E-state index is 13.3. The van der Waals surface area contributed by atoms with Gasteiger partial charge in [0.1, 0.15) is 11.6 Å². The van der Waals surface area contributed by atoms with Crippen molar-refractivity contribution >= 4 is 38.3 Å². The standard InChI is InChI=1S/C20H21FN4O2S/c1-27-16-4-2-3-15(12-16)25-9-7-24(8-10-25)13-19(26)23-20-22-17-11-14(21)5-6-18(17)28-20/h2-6,11-12H,7-10,13H2,1H3,(H,22,23,26). The van der Waals surface area contributed by atoms with Gasteiger partial charge in [-0.2, -0.15) is 0 Å². The van der Waals surface area contributed by atoms with Crippen molar-refractivity contribution in [3.8, 4) is 5.75 Å². The molecule has 1 aromatic heterocycles. The Balaban J connectivity index is 1.30. The van der Waals surface area contributed by atoms with Gasteiger partial charge in [0, 0.05) is 44.0 Å². The third-order valence-corrected chi connectivity index (χ3v) is 5.71. The van der Waals surface area contributed by atoms with E-state index in [4.69, 9.17) is 4.74 Å². The van der Waals surface area contributed by atoms with E-state index >= 15 is 0 Å². The lowest BCUT2D eigenvalue weighted by Crippen LogP contribution is -2.48. The summed E-state index contributed by atoms with van der Waals surface area (Å²) in [6, 6.07) is 12.5. The summed E-state index contributed by atoms with van der Waals surface area (Å²) in [4.78, 5) is 21.1. The van der Waals surface area contributed by atoms with Crippen LogP contribution in [0.25, 0.3) is 10.2 Å². The minimum Gasteiger partial charge on any atom is -0.497 e. The van der Waals surface area contributed by atoms with Gasteiger partial charge in [-0.1, -0.05) is 17.4 Å². The predicted molar refractivity (Wildman–Crippen MR) is 110 cm³/mol. The first-order valence-electron chi connectivity index (χ1n) is 9.08. The molecule has 28 heavy (non-hydrogen) atoms. The molecule has 6 nitrogen and oxygen atoms in total. The van der Waals surface area contributed by atoms with Gasteiger partial charge in [-0.05, 0) is 24.3 Å². The van der Waals surface area contributed by atoms with Crippen molar-refractivity contribution in [2.45, 2.75) is 0 Å². The first-order valence-corrected chi connectivity index (χ1v) is 9.90. The van der Waals surface area contributed by atoms with E-state index in [-0.39, 0.29) is 11.7 Å². The predicted octanol–water partition coefficient (Wildman–Crippen LogP) is 3.20. The topological polar surface area (TPSA) is 57.7 Å². The number of halogens is 1. The number of piperazine rings is 1. The van der Waals surface area contributed by atoms with Crippen LogP contribution in [0.1, 0.15) is 0 Å². The van der Waals surface area contributed by atoms with Gasteiger partial charge < -0.3 is 15.0 Å². The van der Waals surface area contributed by atoms with Crippen LogP contribution >= 0.6 is 11.3 Å². The molecule has 0 aliphatic carbocycles. The van der Waals surface area contributed by atoms with Crippen LogP contribution in [0.3, 0.4) is 0 Å². The highest BCUT2D eigenvalue weighted by Gasteiger charge is 2.20. The number of anilines is 2. The first-order chi connectivity index (χ1) is 13.6. The van der Waals surface area contributed by atoms with E-state index in [2.05, 4.69) is 26.2 Å². The Morgan fingerprint density at radius 1 is 1.21 bits per heavy atom. The van der Waals surface area contributed by atoms with Crippen LogP contribution in [0.4, 0.5) is 15.2 Å². The number of carbonyl (C=O) groups excluding carboxylic acids is 1. The molecule has 8 heteroatoms. The summed E-state index contributed by atoms with van der Waals surface area (Å²) in [6.07, 6.45) is 0. The molecule has 1 N–H and O–H groups in total. The van der Waals surface area contributed by atoms with Crippen molar-refractivity contribution in [3.63, 3.8) is 0 Å². The number of ether oxygens (including phenoxy) is 1. The van der Waals surface area contributed by atoms with Gasteiger partial charge >= 0.3 is 0 Å². The largest absolute Gasteiger partial charge is 0.497 e. The van der Waals surface area contributed by atoms with Gasteiger partial charge in [0.25, 0.3) is 0 Å². The van der Waals surface area contributed by atoms with Gasteiger partial charge in [-0.25, -0.2) is 9.37 Å². The van der Waals surface area contributed by atoms with Crippen molar-refractivity contribution in [1.29, 1.82) is 0 Å². The number of amides is 1. The monoisotopic (exact) mass is 400 g/mol. The Morgan fingerprint density at radius 3 is 2.82 bits per heavy atom. The third kappa shape index (κ3) is 4.23. The second-order valence-corrected chi connectivity index (χ2v) is 7.67. The number of hydrogen-bond donors (Lipinski definition) is 1. The minimum atomic E-state index is -0.329. The summed E-state index contributed by atoms with van der Waals surface area (Å²) in [5.74, 6) is 0.411. The zero-order valence-electron chi connectivity index (χ0n) is 15.5. The van der Waals surface area contributed by atoms with Crippen molar-refractivity contribution in [2.75, 3.05) is 50.1 Å². The molecule has 0 spiro atoms. The number of aromatic nitrogens is 1. The van der Waals surface area contributed by atoms with E-state index in [1.165, 1.54) is 23.5 Å². The van der Waals surface area contributed by atoms with Gasteiger partial charge in [0.2, 0.25) is 5.91 Å². The van der Waals surface area contributed by atoms with E-state index in [0.717, 1.165) is 42.3 Å². The summed E-state index contributed by atoms with van der Waals surface area (Å²) < 4.78 is 19.4. The molecule has 1 fully saturated rings. The van der Waals surface area contributed by atoms with Crippen molar-refractivity contribution in [1.82, 2.24) is 9.88 Å². The molecule has 2 aromatic carbocycles. The fourth-order valence-electron chi connectivity index (χ4n) is 3.29. The molecule has 3 aromatic rings. The molecular formula is C20H21FN4O2S. The number of nitrogens with zero attached hydrogens (tertiary/aromatic N) is 3. The molecule has 1 aliphatic rings. The molecule has 0 saturated carbocycles. The highest BCUT2D eigenvalue weighted by Crippen LogP contribution is 2.26. The Hall–Kier alpha value is -2.71. The summed E-state index contributed by atoms with van der Waals surface area (Å²) in [7, 11) is 1.66. The summed E-state index contributed by atoms with van der Waals surface area (Å²) in [5, 5.41) is 3.33. The Bertz CT molecular complexity index is 985. The van der Waals surface area contributed by atoms with E-state index in [9.17, 15) is 9.18 Å². The Labute approximate surface area is 166 Å². The normalized spacial score (nSPS) is 15.0. The van der Waals surface area contributed by atoms with E-state index < -0.39 is 0 Å². The molecule has 2 heterocycles. The van der Waals surface area contributed by atoms with Gasteiger partial charge in [0.05, 0.1) is 23.9 Å². The number of fused-ring (bicyclic) bond motifs is 1. The second kappa shape index (κ2) is 8.12. The number of rotatable bonds is 5. The second-order valence-electron chi connectivity index (χ2n) is 6.64. The van der Waals surface area contributed by atoms with E-state index in [1.54, 1.807) is 13.2 Å². The van der Waals surface area contributed by atoms with Crippen LogP contribution in [-0.2, 0) is 4.79 Å². The molecule has 4 rings (SSSR count). The maximum atomic E-state index is 13.3. The smallest absolute Gasteiger partial charge is 0.240 e. The lowest BCUT2D eigenvalue weighted by molar-refractivity contribution is -0.117. The molecule has 146 valence electrons. The Kier molecular flexibility index (Phi) is 5.40. The average Bonchev–Trinajstić information content (AvgIpc) is 3.09. The molecule has 1 amide bonds. The molecule has 0 atom stereocenters. The van der Waals surface area contributed by atoms with Crippen LogP contribution < -0.4 is 15.0 Å². The fraction of sp³-hybridized carbons (Fsp3) is 0.300. The highest BCUT2D eigenvalue weighted by atomic mass is 32.1. The van der Waals surface area contributed by atoms with E-state index in [1.807, 2.05) is 18.2 Å². The third-order valence-electron chi connectivity index (χ3n) is 4.75. The van der Waals surface area contributed by atoms with E-state index in [0.29, 0.717) is 17.2 Å². The molecular weight excluding hydrogens is 379 g/mol. The summed E-state index contributed by atoms with van der Waals surface area (Å²) >= 11 is 1.35. The average molecular weight is 400 g/mol. The van der Waals surface area contributed by atoms with Crippen LogP contribution in [0.5, 0.6) is 5.75 Å². The molecule has 1 saturated heterocycles. The minimum absolute atomic E-state index is 0.102. The molecule has 0 unspecified atom stereocenters. The number of methoxy groups -OCH3 is 1. The number of hydrogen-bond acceptors (Lipinski definition) is 6. The lowest BCUT2D eigenvalue weighted by Gasteiger charge is -2.35. The SMILES string of the molecule is COc1cccc(N2CCN(CC(=O)Nc3nc4cc(F)ccc4s3)CC2)c1. The van der Waals surface area contributed by atoms with Crippen molar-refractivity contribution < 1.29 is 13.9 Å². The van der Waals surface area contributed by atoms with Gasteiger partial charge in [0.15, 0.2) is 5.13 Å². The number of nitrogens with one attached hydrogen (secondary N) is 1. The maximum Gasteiger partial charge on any atom is 0.240 e. The summed E-state index contributed by atoms with van der Waals surface area (Å²) in [5.41, 5.74) is 1.69. The molecule has 0 radical (unpaired) electrons. The van der Waals surface area contributed by atoms with Crippen LogP contribution in [0.15, 0.2) is 42.5 Å². The molecule has 1 aliphatic heterocycles. The van der Waals surface area contributed by atoms with Gasteiger partial charge in [-0.15, -0.1) is 0 Å². The zero-order valence-corrected chi connectivity index (χ0v) is 16.3. The number of thiazole rings is 1. The number of benzene rings is 2. The zero-order chi connectivity index (χ0) is 19.5. The quantitative estimate of drug-likeness (QED) is 0.713. The lowest BCUT2D eigenvalue weighted by atomic mass is 10.2. The first kappa shape index (κ1) is 18.6. The Morgan fingerprint density at radius 2 is 2.04 bits per heavy atom. The van der Waals surface area contributed by atoms with Gasteiger partial charge in [-0.3, -0.25) is 9.69 Å². The van der Waals surface area contributed by atoms with Crippen LogP contribution in [0.2, 0.25) is 0 Å². The molecule has 0 bridgehead atoms. The summed E-state index contributed by atoms with van der Waals surface area (Å²) in [6.45, 7) is 3.61. The van der Waals surface area contributed by atoms with Crippen molar-refractivity contribution in [3.05, 3.63) is 48.3 Å². The fourth-order valence-corrected chi connectivity index (χ4v) is 4.15. The highest BCUT2D eigenvalue weighted by molar-refractivity contribution is 7.22. The van der Waals surface area contributed by atoms with Crippen molar-refractivity contribution in [2.24, 2.45) is 0 Å². The van der Waals surface area contributed by atoms with Crippen LogP contribution in [0, 0.1) is 5.82 Å². The number of carbonyl (C=O) groups is 1.